The van der Waals surface area contributed by atoms with Gasteiger partial charge in [-0.25, -0.2) is 0 Å². The van der Waals surface area contributed by atoms with Crippen molar-refractivity contribution < 1.29 is 14.3 Å². The van der Waals surface area contributed by atoms with Crippen LogP contribution in [0.4, 0.5) is 0 Å². The zero-order valence-corrected chi connectivity index (χ0v) is 9.75. The first-order valence-corrected chi connectivity index (χ1v) is 5.76. The average molecular weight is 228 g/mol. The van der Waals surface area contributed by atoms with Crippen LogP contribution in [0, 0.1) is 5.92 Å². The number of carbonyl (C=O) groups is 2. The van der Waals surface area contributed by atoms with Crippen LogP contribution < -0.4 is 10.6 Å². The second-order valence-electron chi connectivity index (χ2n) is 4.10. The maximum absolute atomic E-state index is 11.3. The molecule has 1 aliphatic rings. The summed E-state index contributed by atoms with van der Waals surface area (Å²) in [6.45, 7) is 1.84. The second kappa shape index (κ2) is 7.22. The molecular formula is C11H20N2O3. The molecule has 2 N–H and O–H groups in total. The van der Waals surface area contributed by atoms with E-state index in [1.807, 2.05) is 0 Å². The number of carbonyl (C=O) groups excluding carboxylic acids is 2. The summed E-state index contributed by atoms with van der Waals surface area (Å²) in [5, 5.41) is 5.85. The van der Waals surface area contributed by atoms with Crippen molar-refractivity contribution in [1.82, 2.24) is 10.6 Å². The number of rotatable bonds is 8. The highest BCUT2D eigenvalue weighted by molar-refractivity contribution is 5.78. The number of methoxy groups -OCH3 is 1. The lowest BCUT2D eigenvalue weighted by Crippen LogP contribution is -2.35. The smallest absolute Gasteiger partial charge is 0.305 e. The number of hydrogen-bond donors (Lipinski definition) is 2. The Balaban J connectivity index is 1.86. The Kier molecular flexibility index (Phi) is 5.85. The van der Waals surface area contributed by atoms with Crippen LogP contribution in [0.3, 0.4) is 0 Å². The highest BCUT2D eigenvalue weighted by atomic mass is 16.5. The predicted molar refractivity (Wildman–Crippen MR) is 59.9 cm³/mol. The van der Waals surface area contributed by atoms with Crippen LogP contribution in [-0.2, 0) is 14.3 Å². The van der Waals surface area contributed by atoms with Gasteiger partial charge in [0.15, 0.2) is 0 Å². The first kappa shape index (κ1) is 13.0. The van der Waals surface area contributed by atoms with Gasteiger partial charge in [-0.15, -0.1) is 0 Å². The van der Waals surface area contributed by atoms with Crippen molar-refractivity contribution in [3.05, 3.63) is 0 Å². The number of esters is 1. The van der Waals surface area contributed by atoms with E-state index in [4.69, 9.17) is 0 Å². The van der Waals surface area contributed by atoms with E-state index in [-0.39, 0.29) is 11.9 Å². The quantitative estimate of drug-likeness (QED) is 0.455. The molecule has 16 heavy (non-hydrogen) atoms. The van der Waals surface area contributed by atoms with Gasteiger partial charge in [0.2, 0.25) is 5.91 Å². The van der Waals surface area contributed by atoms with E-state index in [0.29, 0.717) is 25.9 Å². The first-order chi connectivity index (χ1) is 7.72. The molecule has 1 aliphatic carbocycles. The Morgan fingerprint density at radius 1 is 1.38 bits per heavy atom. The van der Waals surface area contributed by atoms with Gasteiger partial charge < -0.3 is 15.4 Å². The minimum atomic E-state index is -0.235. The third-order valence-corrected chi connectivity index (χ3v) is 2.52. The van der Waals surface area contributed by atoms with Crippen molar-refractivity contribution in [3.8, 4) is 0 Å². The molecule has 0 saturated heterocycles. The maximum Gasteiger partial charge on any atom is 0.305 e. The molecule has 92 valence electrons. The van der Waals surface area contributed by atoms with Crippen molar-refractivity contribution in [2.24, 2.45) is 5.92 Å². The highest BCUT2D eigenvalue weighted by Crippen LogP contribution is 2.27. The number of amides is 1. The average Bonchev–Trinajstić information content (AvgIpc) is 3.08. The fourth-order valence-electron chi connectivity index (χ4n) is 1.34. The van der Waals surface area contributed by atoms with Gasteiger partial charge >= 0.3 is 5.97 Å². The van der Waals surface area contributed by atoms with Crippen LogP contribution in [0.2, 0.25) is 0 Å². The number of nitrogens with one attached hydrogen (secondary N) is 2. The van der Waals surface area contributed by atoms with Crippen LogP contribution in [0.15, 0.2) is 0 Å². The van der Waals surface area contributed by atoms with Crippen molar-refractivity contribution in [2.45, 2.75) is 25.7 Å². The maximum atomic E-state index is 11.3. The van der Waals surface area contributed by atoms with Crippen LogP contribution in [0.25, 0.3) is 0 Å². The van der Waals surface area contributed by atoms with Crippen molar-refractivity contribution in [1.29, 1.82) is 0 Å². The van der Waals surface area contributed by atoms with E-state index < -0.39 is 0 Å². The van der Waals surface area contributed by atoms with Gasteiger partial charge in [0.05, 0.1) is 13.7 Å². The molecule has 1 amide bonds. The normalized spacial score (nSPS) is 14.6. The zero-order valence-electron chi connectivity index (χ0n) is 9.75. The third-order valence-electron chi connectivity index (χ3n) is 2.52. The molecule has 5 nitrogen and oxygen atoms in total. The largest absolute Gasteiger partial charge is 0.469 e. The Bertz CT molecular complexity index is 239. The standard InChI is InChI=1S/C11H20N2O3/c1-16-11(15)3-2-6-13-10(14)8-12-7-9-4-5-9/h9,12H,2-8H2,1H3,(H,13,14). The molecule has 0 aromatic carbocycles. The summed E-state index contributed by atoms with van der Waals surface area (Å²) >= 11 is 0. The lowest BCUT2D eigenvalue weighted by molar-refractivity contribution is -0.140. The summed E-state index contributed by atoms with van der Waals surface area (Å²) in [5.41, 5.74) is 0. The van der Waals surface area contributed by atoms with E-state index in [9.17, 15) is 9.59 Å². The molecule has 1 fully saturated rings. The summed E-state index contributed by atoms with van der Waals surface area (Å²) < 4.78 is 4.49. The molecule has 0 aromatic heterocycles. The lowest BCUT2D eigenvalue weighted by atomic mass is 10.3. The zero-order chi connectivity index (χ0) is 11.8. The minimum Gasteiger partial charge on any atom is -0.469 e. The molecule has 0 atom stereocenters. The van der Waals surface area contributed by atoms with Crippen LogP contribution in [0.5, 0.6) is 0 Å². The minimum absolute atomic E-state index is 0.00878. The Labute approximate surface area is 95.9 Å². The molecule has 0 aliphatic heterocycles. The van der Waals surface area contributed by atoms with Gasteiger partial charge in [-0.05, 0) is 31.7 Å². The molecule has 1 saturated carbocycles. The lowest BCUT2D eigenvalue weighted by Gasteiger charge is -2.05. The highest BCUT2D eigenvalue weighted by Gasteiger charge is 2.20. The summed E-state index contributed by atoms with van der Waals surface area (Å²) in [7, 11) is 1.36. The third kappa shape index (κ3) is 6.40. The summed E-state index contributed by atoms with van der Waals surface area (Å²) in [6, 6.07) is 0. The molecule has 0 spiro atoms. The Morgan fingerprint density at radius 2 is 2.12 bits per heavy atom. The molecule has 0 unspecified atom stereocenters. The summed E-state index contributed by atoms with van der Waals surface area (Å²) in [5.74, 6) is 0.541. The Hall–Kier alpha value is -1.10. The summed E-state index contributed by atoms with van der Waals surface area (Å²) in [4.78, 5) is 22.0. The van der Waals surface area contributed by atoms with Crippen molar-refractivity contribution in [3.63, 3.8) is 0 Å². The monoisotopic (exact) mass is 228 g/mol. The van der Waals surface area contributed by atoms with Crippen LogP contribution >= 0.6 is 0 Å². The second-order valence-corrected chi connectivity index (χ2v) is 4.10. The number of ether oxygens (including phenoxy) is 1. The number of hydrogen-bond acceptors (Lipinski definition) is 4. The predicted octanol–water partition coefficient (Wildman–Crippen LogP) is 0.0554. The van der Waals surface area contributed by atoms with Crippen molar-refractivity contribution in [2.75, 3.05) is 26.7 Å². The topological polar surface area (TPSA) is 67.4 Å². The first-order valence-electron chi connectivity index (χ1n) is 5.76. The van der Waals surface area contributed by atoms with E-state index in [1.165, 1.54) is 20.0 Å². The SMILES string of the molecule is COC(=O)CCCNC(=O)CNCC1CC1. The fourth-order valence-corrected chi connectivity index (χ4v) is 1.34. The van der Waals surface area contributed by atoms with Crippen LogP contribution in [0.1, 0.15) is 25.7 Å². The van der Waals surface area contributed by atoms with E-state index in [0.717, 1.165) is 12.5 Å². The van der Waals surface area contributed by atoms with E-state index in [1.54, 1.807) is 0 Å². The van der Waals surface area contributed by atoms with Crippen LogP contribution in [-0.4, -0.2) is 38.6 Å². The fraction of sp³-hybridized carbons (Fsp3) is 0.818. The van der Waals surface area contributed by atoms with Crippen molar-refractivity contribution >= 4 is 11.9 Å². The van der Waals surface area contributed by atoms with Gasteiger partial charge in [0, 0.05) is 13.0 Å². The van der Waals surface area contributed by atoms with Gasteiger partial charge in [0.25, 0.3) is 0 Å². The Morgan fingerprint density at radius 3 is 2.75 bits per heavy atom. The molecule has 5 heteroatoms. The van der Waals surface area contributed by atoms with Gasteiger partial charge in [-0.1, -0.05) is 0 Å². The van der Waals surface area contributed by atoms with E-state index >= 15 is 0 Å². The molecule has 0 heterocycles. The van der Waals surface area contributed by atoms with E-state index in [2.05, 4.69) is 15.4 Å². The molecule has 0 radical (unpaired) electrons. The molecule has 1 rings (SSSR count). The van der Waals surface area contributed by atoms with Gasteiger partial charge in [-0.3, -0.25) is 9.59 Å². The molecule has 0 aromatic rings. The molecular weight excluding hydrogens is 208 g/mol. The van der Waals surface area contributed by atoms with Gasteiger partial charge in [0.1, 0.15) is 0 Å². The molecule has 0 bridgehead atoms. The van der Waals surface area contributed by atoms with Gasteiger partial charge in [-0.2, -0.15) is 0 Å². The summed E-state index contributed by atoms with van der Waals surface area (Å²) in [6.07, 6.45) is 3.55.